The molecular weight excluding hydrogens is 269 g/mol. The molecule has 21 heavy (non-hydrogen) atoms. The molecule has 3 aromatic rings. The van der Waals surface area contributed by atoms with Gasteiger partial charge in [-0.05, 0) is 49.7 Å². The first-order chi connectivity index (χ1) is 10.0. The Labute approximate surface area is 121 Å². The Kier molecular flexibility index (Phi) is 3.17. The van der Waals surface area contributed by atoms with Crippen LogP contribution in [-0.4, -0.2) is 10.1 Å². The molecule has 0 aliphatic carbocycles. The van der Waals surface area contributed by atoms with Gasteiger partial charge in [-0.1, -0.05) is 16.8 Å². The van der Waals surface area contributed by atoms with E-state index >= 15 is 0 Å². The van der Waals surface area contributed by atoms with Crippen LogP contribution in [-0.2, 0) is 0 Å². The minimum absolute atomic E-state index is 0.259. The van der Waals surface area contributed by atoms with Crippen molar-refractivity contribution < 1.29 is 8.91 Å². The fraction of sp³-hybridized carbons (Fsp3) is 0.125. The van der Waals surface area contributed by atoms with E-state index in [9.17, 15) is 4.39 Å². The SMILES string of the molecule is Cc1ccc(N)c(-c2nc(-c3ccc(F)c(C)c3)no2)c1. The summed E-state index contributed by atoms with van der Waals surface area (Å²) in [4.78, 5) is 4.34. The summed E-state index contributed by atoms with van der Waals surface area (Å²) in [5.41, 5.74) is 9.50. The monoisotopic (exact) mass is 283 g/mol. The Morgan fingerprint density at radius 1 is 1.10 bits per heavy atom. The van der Waals surface area contributed by atoms with E-state index < -0.39 is 0 Å². The van der Waals surface area contributed by atoms with E-state index in [0.717, 1.165) is 5.56 Å². The summed E-state index contributed by atoms with van der Waals surface area (Å²) in [6.45, 7) is 3.65. The molecule has 1 heterocycles. The fourth-order valence-corrected chi connectivity index (χ4v) is 2.09. The van der Waals surface area contributed by atoms with Gasteiger partial charge < -0.3 is 10.3 Å². The zero-order valence-electron chi connectivity index (χ0n) is 11.7. The number of aromatic nitrogens is 2. The number of hydrogen-bond acceptors (Lipinski definition) is 4. The van der Waals surface area contributed by atoms with Crippen LogP contribution < -0.4 is 5.73 Å². The van der Waals surface area contributed by atoms with Crippen molar-refractivity contribution in [3.8, 4) is 22.8 Å². The second-order valence-electron chi connectivity index (χ2n) is 4.98. The number of hydrogen-bond donors (Lipinski definition) is 1. The number of benzene rings is 2. The van der Waals surface area contributed by atoms with Crippen LogP contribution in [0.1, 0.15) is 11.1 Å². The van der Waals surface area contributed by atoms with E-state index in [1.807, 2.05) is 19.1 Å². The molecule has 0 unspecified atom stereocenters. The molecule has 1 aromatic heterocycles. The van der Waals surface area contributed by atoms with E-state index in [4.69, 9.17) is 10.3 Å². The first kappa shape index (κ1) is 13.3. The molecule has 4 nitrogen and oxygen atoms in total. The maximum atomic E-state index is 13.3. The number of nitrogens with two attached hydrogens (primary N) is 1. The van der Waals surface area contributed by atoms with Gasteiger partial charge in [-0.2, -0.15) is 4.98 Å². The highest BCUT2D eigenvalue weighted by atomic mass is 19.1. The summed E-state index contributed by atoms with van der Waals surface area (Å²) >= 11 is 0. The minimum Gasteiger partial charge on any atom is -0.398 e. The maximum Gasteiger partial charge on any atom is 0.260 e. The largest absolute Gasteiger partial charge is 0.398 e. The molecule has 0 bridgehead atoms. The molecule has 0 saturated heterocycles. The van der Waals surface area contributed by atoms with Crippen molar-refractivity contribution in [3.05, 3.63) is 53.3 Å². The van der Waals surface area contributed by atoms with Gasteiger partial charge in [0.15, 0.2) is 0 Å². The van der Waals surface area contributed by atoms with Crippen molar-refractivity contribution >= 4 is 5.69 Å². The Bertz CT molecular complexity index is 811. The van der Waals surface area contributed by atoms with Crippen LogP contribution in [0.25, 0.3) is 22.8 Å². The normalized spacial score (nSPS) is 10.8. The van der Waals surface area contributed by atoms with Gasteiger partial charge in [-0.15, -0.1) is 0 Å². The summed E-state index contributed by atoms with van der Waals surface area (Å²) in [6, 6.07) is 10.3. The van der Waals surface area contributed by atoms with Crippen molar-refractivity contribution in [2.45, 2.75) is 13.8 Å². The van der Waals surface area contributed by atoms with Crippen LogP contribution >= 0.6 is 0 Å². The first-order valence-corrected chi connectivity index (χ1v) is 6.51. The molecule has 2 N–H and O–H groups in total. The first-order valence-electron chi connectivity index (χ1n) is 6.51. The van der Waals surface area contributed by atoms with Gasteiger partial charge in [0.25, 0.3) is 5.89 Å². The number of halogens is 1. The Morgan fingerprint density at radius 3 is 2.67 bits per heavy atom. The van der Waals surface area contributed by atoms with Crippen LogP contribution in [0.2, 0.25) is 0 Å². The van der Waals surface area contributed by atoms with Gasteiger partial charge in [0.2, 0.25) is 5.82 Å². The van der Waals surface area contributed by atoms with Crippen LogP contribution in [0.4, 0.5) is 10.1 Å². The van der Waals surface area contributed by atoms with Crippen LogP contribution in [0.5, 0.6) is 0 Å². The smallest absolute Gasteiger partial charge is 0.260 e. The lowest BCUT2D eigenvalue weighted by Crippen LogP contribution is -1.91. The molecule has 0 aliphatic rings. The lowest BCUT2D eigenvalue weighted by Gasteiger charge is -2.01. The van der Waals surface area contributed by atoms with Crippen LogP contribution in [0.15, 0.2) is 40.9 Å². The summed E-state index contributed by atoms with van der Waals surface area (Å²) < 4.78 is 18.6. The minimum atomic E-state index is -0.259. The molecule has 0 saturated carbocycles. The third-order valence-corrected chi connectivity index (χ3v) is 3.28. The molecule has 2 aromatic carbocycles. The lowest BCUT2D eigenvalue weighted by atomic mass is 10.1. The van der Waals surface area contributed by atoms with Gasteiger partial charge >= 0.3 is 0 Å². The van der Waals surface area contributed by atoms with Crippen LogP contribution in [0, 0.1) is 19.7 Å². The summed E-state index contributed by atoms with van der Waals surface area (Å²) in [6.07, 6.45) is 0. The maximum absolute atomic E-state index is 13.3. The predicted octanol–water partition coefficient (Wildman–Crippen LogP) is 3.74. The molecule has 0 aliphatic heterocycles. The number of aryl methyl sites for hydroxylation is 2. The second-order valence-corrected chi connectivity index (χ2v) is 4.98. The quantitative estimate of drug-likeness (QED) is 0.727. The van der Waals surface area contributed by atoms with Crippen molar-refractivity contribution in [2.24, 2.45) is 0 Å². The van der Waals surface area contributed by atoms with E-state index in [2.05, 4.69) is 10.1 Å². The molecule has 106 valence electrons. The molecule has 3 rings (SSSR count). The number of nitrogens with zero attached hydrogens (tertiary/aromatic N) is 2. The number of nitrogen functional groups attached to an aromatic ring is 1. The van der Waals surface area contributed by atoms with E-state index in [-0.39, 0.29) is 5.82 Å². The summed E-state index contributed by atoms with van der Waals surface area (Å²) in [5, 5.41) is 3.94. The number of rotatable bonds is 2. The van der Waals surface area contributed by atoms with E-state index in [1.54, 1.807) is 25.1 Å². The van der Waals surface area contributed by atoms with Gasteiger partial charge in [0.1, 0.15) is 5.82 Å². The molecule has 0 radical (unpaired) electrons. The molecule has 0 spiro atoms. The molecular formula is C16H14FN3O. The van der Waals surface area contributed by atoms with Gasteiger partial charge in [0, 0.05) is 11.3 Å². The fourth-order valence-electron chi connectivity index (χ4n) is 2.09. The van der Waals surface area contributed by atoms with Crippen molar-refractivity contribution in [2.75, 3.05) is 5.73 Å². The Morgan fingerprint density at radius 2 is 1.90 bits per heavy atom. The van der Waals surface area contributed by atoms with E-state index in [0.29, 0.717) is 34.1 Å². The predicted molar refractivity (Wildman–Crippen MR) is 79.0 cm³/mol. The number of anilines is 1. The molecule has 0 atom stereocenters. The average Bonchev–Trinajstić information content (AvgIpc) is 2.94. The summed E-state index contributed by atoms with van der Waals surface area (Å²) in [7, 11) is 0. The lowest BCUT2D eigenvalue weighted by molar-refractivity contribution is 0.432. The molecule has 0 amide bonds. The highest BCUT2D eigenvalue weighted by Gasteiger charge is 2.14. The van der Waals surface area contributed by atoms with E-state index in [1.165, 1.54) is 6.07 Å². The van der Waals surface area contributed by atoms with Gasteiger partial charge in [0.05, 0.1) is 5.56 Å². The zero-order valence-corrected chi connectivity index (χ0v) is 11.7. The third kappa shape index (κ3) is 2.50. The Balaban J connectivity index is 2.03. The second kappa shape index (κ2) is 5.01. The van der Waals surface area contributed by atoms with Gasteiger partial charge in [-0.3, -0.25) is 0 Å². The third-order valence-electron chi connectivity index (χ3n) is 3.28. The standard InChI is InChI=1S/C16H14FN3O/c1-9-3-6-14(18)12(7-9)16-19-15(20-21-16)11-4-5-13(17)10(2)8-11/h3-8H,18H2,1-2H3. The average molecular weight is 283 g/mol. The van der Waals surface area contributed by atoms with Gasteiger partial charge in [-0.25, -0.2) is 4.39 Å². The van der Waals surface area contributed by atoms with Crippen LogP contribution in [0.3, 0.4) is 0 Å². The molecule has 5 heteroatoms. The van der Waals surface area contributed by atoms with Crippen molar-refractivity contribution in [1.82, 2.24) is 10.1 Å². The molecule has 0 fully saturated rings. The summed E-state index contributed by atoms with van der Waals surface area (Å²) in [5.74, 6) is 0.507. The zero-order chi connectivity index (χ0) is 15.0. The topological polar surface area (TPSA) is 64.9 Å². The van der Waals surface area contributed by atoms with Crippen molar-refractivity contribution in [3.63, 3.8) is 0 Å². The highest BCUT2D eigenvalue weighted by molar-refractivity contribution is 5.72. The highest BCUT2D eigenvalue weighted by Crippen LogP contribution is 2.28. The van der Waals surface area contributed by atoms with Crippen molar-refractivity contribution in [1.29, 1.82) is 0 Å². The Hall–Kier alpha value is -2.69.